The number of benzene rings is 1. The topological polar surface area (TPSA) is 12.0 Å². The summed E-state index contributed by atoms with van der Waals surface area (Å²) < 4.78 is 1.23. The molecule has 0 aromatic heterocycles. The van der Waals surface area contributed by atoms with Crippen molar-refractivity contribution in [1.29, 1.82) is 0 Å². The van der Waals surface area contributed by atoms with E-state index in [1.54, 1.807) is 0 Å². The maximum Gasteiger partial charge on any atom is 0.0207 e. The second-order valence-corrected chi connectivity index (χ2v) is 6.13. The summed E-state index contributed by atoms with van der Waals surface area (Å²) in [7, 11) is 0. The number of thioether (sulfide) groups is 1. The van der Waals surface area contributed by atoms with Gasteiger partial charge in [-0.05, 0) is 36.8 Å². The van der Waals surface area contributed by atoms with Gasteiger partial charge in [0, 0.05) is 16.3 Å². The Bertz CT molecular complexity index is 317. The predicted molar refractivity (Wildman–Crippen MR) is 82.9 cm³/mol. The quantitative estimate of drug-likeness (QED) is 0.724. The standard InChI is InChI=1S/C14H22BrNS/c1-3-9-17-11-13(16-4-2)10-12-7-5-6-8-14(12)15/h5-8,13,16H,3-4,9-11H2,1-2H3. The van der Waals surface area contributed by atoms with E-state index in [9.17, 15) is 0 Å². The molecule has 0 bridgehead atoms. The highest BCUT2D eigenvalue weighted by Crippen LogP contribution is 2.18. The summed E-state index contributed by atoms with van der Waals surface area (Å²) in [5.74, 6) is 2.46. The smallest absolute Gasteiger partial charge is 0.0207 e. The van der Waals surface area contributed by atoms with Gasteiger partial charge in [0.15, 0.2) is 0 Å². The third kappa shape index (κ3) is 5.94. The maximum atomic E-state index is 3.62. The molecule has 0 radical (unpaired) electrons. The maximum absolute atomic E-state index is 3.62. The molecule has 0 aliphatic carbocycles. The van der Waals surface area contributed by atoms with Crippen molar-refractivity contribution in [3.8, 4) is 0 Å². The zero-order valence-electron chi connectivity index (χ0n) is 10.7. The van der Waals surface area contributed by atoms with Crippen LogP contribution in [0.3, 0.4) is 0 Å². The minimum absolute atomic E-state index is 0.579. The van der Waals surface area contributed by atoms with Crippen molar-refractivity contribution in [3.05, 3.63) is 34.3 Å². The van der Waals surface area contributed by atoms with Crippen molar-refractivity contribution >= 4 is 27.7 Å². The van der Waals surface area contributed by atoms with Crippen LogP contribution in [0.4, 0.5) is 0 Å². The average Bonchev–Trinajstić information content (AvgIpc) is 2.32. The summed E-state index contributed by atoms with van der Waals surface area (Å²) in [5, 5.41) is 3.58. The summed E-state index contributed by atoms with van der Waals surface area (Å²) in [5.41, 5.74) is 1.40. The number of rotatable bonds is 8. The molecule has 3 heteroatoms. The molecule has 0 spiro atoms. The lowest BCUT2D eigenvalue weighted by Crippen LogP contribution is -2.33. The Balaban J connectivity index is 2.50. The average molecular weight is 316 g/mol. The van der Waals surface area contributed by atoms with Crippen LogP contribution in [-0.2, 0) is 6.42 Å². The minimum atomic E-state index is 0.579. The lowest BCUT2D eigenvalue weighted by Gasteiger charge is -2.18. The van der Waals surface area contributed by atoms with Gasteiger partial charge < -0.3 is 5.32 Å². The highest BCUT2D eigenvalue weighted by atomic mass is 79.9. The summed E-state index contributed by atoms with van der Waals surface area (Å²) in [6.07, 6.45) is 2.37. The Kier molecular flexibility index (Phi) is 7.99. The number of hydrogen-bond acceptors (Lipinski definition) is 2. The minimum Gasteiger partial charge on any atom is -0.313 e. The van der Waals surface area contributed by atoms with E-state index < -0.39 is 0 Å². The van der Waals surface area contributed by atoms with Gasteiger partial charge in [-0.1, -0.05) is 48.0 Å². The van der Waals surface area contributed by atoms with Crippen LogP contribution < -0.4 is 5.32 Å². The van der Waals surface area contributed by atoms with Crippen LogP contribution in [0.1, 0.15) is 25.8 Å². The van der Waals surface area contributed by atoms with Gasteiger partial charge in [0.05, 0.1) is 0 Å². The Morgan fingerprint density at radius 1 is 1.29 bits per heavy atom. The Morgan fingerprint density at radius 3 is 2.71 bits per heavy atom. The fourth-order valence-corrected chi connectivity index (χ4v) is 3.20. The first-order valence-corrected chi connectivity index (χ1v) is 8.27. The van der Waals surface area contributed by atoms with Crippen LogP contribution in [0, 0.1) is 0 Å². The molecule has 96 valence electrons. The van der Waals surface area contributed by atoms with E-state index in [0.717, 1.165) is 13.0 Å². The summed E-state index contributed by atoms with van der Waals surface area (Å²) >= 11 is 5.67. The fourth-order valence-electron chi connectivity index (χ4n) is 1.78. The van der Waals surface area contributed by atoms with Crippen LogP contribution >= 0.6 is 27.7 Å². The van der Waals surface area contributed by atoms with E-state index in [4.69, 9.17) is 0 Å². The summed E-state index contributed by atoms with van der Waals surface area (Å²) in [6.45, 7) is 5.46. The highest BCUT2D eigenvalue weighted by Gasteiger charge is 2.10. The molecule has 1 aromatic rings. The SMILES string of the molecule is CCCSCC(Cc1ccccc1Br)NCC. The molecule has 0 amide bonds. The van der Waals surface area contributed by atoms with Crippen molar-refractivity contribution < 1.29 is 0 Å². The van der Waals surface area contributed by atoms with Crippen molar-refractivity contribution in [1.82, 2.24) is 5.32 Å². The van der Waals surface area contributed by atoms with E-state index in [-0.39, 0.29) is 0 Å². The Morgan fingerprint density at radius 2 is 2.06 bits per heavy atom. The normalized spacial score (nSPS) is 12.6. The van der Waals surface area contributed by atoms with Gasteiger partial charge in [-0.25, -0.2) is 0 Å². The number of nitrogens with one attached hydrogen (secondary N) is 1. The third-order valence-corrected chi connectivity index (χ3v) is 4.69. The Hall–Kier alpha value is 0.01000. The molecule has 0 heterocycles. The molecule has 1 nitrogen and oxygen atoms in total. The van der Waals surface area contributed by atoms with E-state index in [1.165, 1.54) is 28.0 Å². The van der Waals surface area contributed by atoms with Crippen LogP contribution in [-0.4, -0.2) is 24.1 Å². The third-order valence-electron chi connectivity index (χ3n) is 2.58. The number of halogens is 1. The fraction of sp³-hybridized carbons (Fsp3) is 0.571. The first-order valence-electron chi connectivity index (χ1n) is 6.32. The lowest BCUT2D eigenvalue weighted by atomic mass is 10.1. The van der Waals surface area contributed by atoms with Crippen molar-refractivity contribution in [2.24, 2.45) is 0 Å². The van der Waals surface area contributed by atoms with Crippen LogP contribution in [0.5, 0.6) is 0 Å². The van der Waals surface area contributed by atoms with Gasteiger partial charge in [-0.15, -0.1) is 0 Å². The molecule has 0 fully saturated rings. The lowest BCUT2D eigenvalue weighted by molar-refractivity contribution is 0.572. The van der Waals surface area contributed by atoms with Crippen molar-refractivity contribution in [2.45, 2.75) is 32.7 Å². The van der Waals surface area contributed by atoms with Gasteiger partial charge in [0.2, 0.25) is 0 Å². The molecular formula is C14H22BrNS. The van der Waals surface area contributed by atoms with E-state index in [1.807, 2.05) is 11.8 Å². The van der Waals surface area contributed by atoms with Crippen molar-refractivity contribution in [2.75, 3.05) is 18.1 Å². The molecule has 17 heavy (non-hydrogen) atoms. The predicted octanol–water partition coefficient (Wildman–Crippen LogP) is 4.11. The molecule has 0 saturated carbocycles. The van der Waals surface area contributed by atoms with Gasteiger partial charge in [-0.3, -0.25) is 0 Å². The van der Waals surface area contributed by atoms with Crippen LogP contribution in [0.2, 0.25) is 0 Å². The van der Waals surface area contributed by atoms with Gasteiger partial charge in [0.25, 0.3) is 0 Å². The monoisotopic (exact) mass is 315 g/mol. The molecule has 0 aliphatic rings. The molecule has 1 rings (SSSR count). The second-order valence-electron chi connectivity index (χ2n) is 4.13. The second kappa shape index (κ2) is 9.01. The number of likely N-dealkylation sites (N-methyl/N-ethyl adjacent to an activating group) is 1. The molecule has 1 aromatic carbocycles. The first-order chi connectivity index (χ1) is 8.27. The van der Waals surface area contributed by atoms with Gasteiger partial charge >= 0.3 is 0 Å². The zero-order valence-corrected chi connectivity index (χ0v) is 13.1. The molecule has 1 N–H and O–H groups in total. The van der Waals surface area contributed by atoms with E-state index >= 15 is 0 Å². The highest BCUT2D eigenvalue weighted by molar-refractivity contribution is 9.10. The van der Waals surface area contributed by atoms with Crippen molar-refractivity contribution in [3.63, 3.8) is 0 Å². The van der Waals surface area contributed by atoms with Gasteiger partial charge in [0.1, 0.15) is 0 Å². The van der Waals surface area contributed by atoms with E-state index in [0.29, 0.717) is 6.04 Å². The van der Waals surface area contributed by atoms with E-state index in [2.05, 4.69) is 59.4 Å². The first kappa shape index (κ1) is 15.1. The molecule has 0 aliphatic heterocycles. The summed E-state index contributed by atoms with van der Waals surface area (Å²) in [4.78, 5) is 0. The Labute approximate surface area is 118 Å². The van der Waals surface area contributed by atoms with Crippen LogP contribution in [0.25, 0.3) is 0 Å². The molecule has 0 saturated heterocycles. The largest absolute Gasteiger partial charge is 0.313 e. The molecule has 1 atom stereocenters. The molecular weight excluding hydrogens is 294 g/mol. The summed E-state index contributed by atoms with van der Waals surface area (Å²) in [6, 6.07) is 9.09. The van der Waals surface area contributed by atoms with Crippen LogP contribution in [0.15, 0.2) is 28.7 Å². The molecule has 1 unspecified atom stereocenters. The number of hydrogen-bond donors (Lipinski definition) is 1. The zero-order chi connectivity index (χ0) is 12.5. The van der Waals surface area contributed by atoms with Gasteiger partial charge in [-0.2, -0.15) is 11.8 Å².